The van der Waals surface area contributed by atoms with Gasteiger partial charge in [0.25, 0.3) is 5.91 Å². The van der Waals surface area contributed by atoms with Crippen LogP contribution in [-0.2, 0) is 4.84 Å². The topological polar surface area (TPSA) is 74.2 Å². The Labute approximate surface area is 162 Å². The van der Waals surface area contributed by atoms with Gasteiger partial charge in [0, 0.05) is 3.57 Å². The number of anilines is 2. The Bertz CT molecular complexity index is 858. The van der Waals surface area contributed by atoms with Crippen molar-refractivity contribution < 1.29 is 14.0 Å². The number of halogens is 2. The molecule has 2 aromatic rings. The van der Waals surface area contributed by atoms with Crippen LogP contribution in [0, 0.1) is 33.6 Å². The van der Waals surface area contributed by atoms with Gasteiger partial charge >= 0.3 is 0 Å². The molecule has 1 aromatic heterocycles. The lowest BCUT2D eigenvalue weighted by Crippen LogP contribution is -2.25. The SMILES string of the molecule is Cc1c(C#N)sc(Nc2ccc(I)cc2F)c1C(=O)NOCC1CC1. The first kappa shape index (κ1) is 18.1. The van der Waals surface area contributed by atoms with Crippen molar-refractivity contribution in [3.05, 3.63) is 43.6 Å². The van der Waals surface area contributed by atoms with Crippen LogP contribution in [0.5, 0.6) is 0 Å². The summed E-state index contributed by atoms with van der Waals surface area (Å²) in [4.78, 5) is 18.1. The quantitative estimate of drug-likeness (QED) is 0.481. The monoisotopic (exact) mass is 471 g/mol. The zero-order valence-corrected chi connectivity index (χ0v) is 16.3. The van der Waals surface area contributed by atoms with E-state index < -0.39 is 11.7 Å². The van der Waals surface area contributed by atoms with Gasteiger partial charge in [-0.05, 0) is 72.0 Å². The molecule has 0 spiro atoms. The highest BCUT2D eigenvalue weighted by atomic mass is 127. The van der Waals surface area contributed by atoms with Crippen molar-refractivity contribution in [2.75, 3.05) is 11.9 Å². The van der Waals surface area contributed by atoms with Crippen LogP contribution in [0.3, 0.4) is 0 Å². The van der Waals surface area contributed by atoms with E-state index in [9.17, 15) is 14.4 Å². The van der Waals surface area contributed by atoms with Gasteiger partial charge in [0.05, 0.1) is 17.9 Å². The molecule has 1 saturated carbocycles. The number of nitriles is 1. The highest BCUT2D eigenvalue weighted by Crippen LogP contribution is 2.35. The summed E-state index contributed by atoms with van der Waals surface area (Å²) in [6.45, 7) is 2.18. The summed E-state index contributed by atoms with van der Waals surface area (Å²) in [5.74, 6) is -0.353. The van der Waals surface area contributed by atoms with E-state index in [1.807, 2.05) is 22.6 Å². The Morgan fingerprint density at radius 1 is 1.52 bits per heavy atom. The Hall–Kier alpha value is -1.70. The summed E-state index contributed by atoms with van der Waals surface area (Å²) >= 11 is 3.14. The number of benzene rings is 1. The number of amides is 1. The summed E-state index contributed by atoms with van der Waals surface area (Å²) in [5, 5.41) is 12.6. The molecule has 130 valence electrons. The van der Waals surface area contributed by atoms with Crippen LogP contribution < -0.4 is 10.8 Å². The highest BCUT2D eigenvalue weighted by molar-refractivity contribution is 14.1. The fourth-order valence-electron chi connectivity index (χ4n) is 2.26. The summed E-state index contributed by atoms with van der Waals surface area (Å²) in [6.07, 6.45) is 2.23. The molecule has 2 N–H and O–H groups in total. The average Bonchev–Trinajstić information content (AvgIpc) is 3.33. The van der Waals surface area contributed by atoms with E-state index >= 15 is 0 Å². The van der Waals surface area contributed by atoms with Crippen LogP contribution in [0.1, 0.15) is 33.6 Å². The van der Waals surface area contributed by atoms with E-state index in [0.29, 0.717) is 33.5 Å². The number of thiophene rings is 1. The van der Waals surface area contributed by atoms with Gasteiger partial charge in [-0.25, -0.2) is 9.87 Å². The Morgan fingerprint density at radius 2 is 2.28 bits per heavy atom. The Kier molecular flexibility index (Phi) is 5.56. The van der Waals surface area contributed by atoms with Crippen molar-refractivity contribution in [3.8, 4) is 6.07 Å². The molecular weight excluding hydrogens is 456 g/mol. The number of carbonyl (C=O) groups excluding carboxylic acids is 1. The van der Waals surface area contributed by atoms with Crippen molar-refractivity contribution in [1.29, 1.82) is 5.26 Å². The molecule has 1 heterocycles. The van der Waals surface area contributed by atoms with Gasteiger partial charge in [-0.3, -0.25) is 9.63 Å². The van der Waals surface area contributed by atoms with E-state index in [4.69, 9.17) is 4.84 Å². The number of hydrogen-bond acceptors (Lipinski definition) is 5. The van der Waals surface area contributed by atoms with Crippen molar-refractivity contribution in [1.82, 2.24) is 5.48 Å². The van der Waals surface area contributed by atoms with Gasteiger partial charge in [-0.15, -0.1) is 11.3 Å². The van der Waals surface area contributed by atoms with Gasteiger partial charge in [0.1, 0.15) is 21.8 Å². The molecular formula is C17H15FIN3O2S. The lowest BCUT2D eigenvalue weighted by atomic mass is 10.1. The molecule has 0 radical (unpaired) electrons. The molecule has 1 amide bonds. The van der Waals surface area contributed by atoms with E-state index in [1.165, 1.54) is 6.07 Å². The molecule has 0 bridgehead atoms. The fourth-order valence-corrected chi connectivity index (χ4v) is 3.72. The Balaban J connectivity index is 1.84. The lowest BCUT2D eigenvalue weighted by molar-refractivity contribution is 0.0271. The number of nitrogens with zero attached hydrogens (tertiary/aromatic N) is 1. The molecule has 0 saturated heterocycles. The molecule has 8 heteroatoms. The standard InChI is InChI=1S/C17H15FIN3O2S/c1-9-14(7-20)25-17(21-13-5-4-11(19)6-12(13)18)15(9)16(23)22-24-8-10-2-3-10/h4-6,10,21H,2-3,8H2,1H3,(H,22,23). The van der Waals surface area contributed by atoms with Gasteiger partial charge in [0.2, 0.25) is 0 Å². The molecule has 3 rings (SSSR count). The number of rotatable bonds is 6. The summed E-state index contributed by atoms with van der Waals surface area (Å²) in [6, 6.07) is 6.82. The van der Waals surface area contributed by atoms with Gasteiger partial charge < -0.3 is 5.32 Å². The first-order valence-corrected chi connectivity index (χ1v) is 9.56. The van der Waals surface area contributed by atoms with Crippen molar-refractivity contribution in [3.63, 3.8) is 0 Å². The Morgan fingerprint density at radius 3 is 2.92 bits per heavy atom. The second-order valence-corrected chi connectivity index (χ2v) is 8.07. The fraction of sp³-hybridized carbons (Fsp3) is 0.294. The lowest BCUT2D eigenvalue weighted by Gasteiger charge is -2.10. The molecule has 25 heavy (non-hydrogen) atoms. The van der Waals surface area contributed by atoms with Crippen LogP contribution in [0.25, 0.3) is 0 Å². The molecule has 1 aromatic carbocycles. The average molecular weight is 471 g/mol. The van der Waals surface area contributed by atoms with Gasteiger partial charge in [0.15, 0.2) is 0 Å². The minimum Gasteiger partial charge on any atom is -0.344 e. The minimum absolute atomic E-state index is 0.249. The number of carbonyl (C=O) groups is 1. The van der Waals surface area contributed by atoms with Gasteiger partial charge in [-0.1, -0.05) is 0 Å². The maximum absolute atomic E-state index is 14.1. The molecule has 1 fully saturated rings. The largest absolute Gasteiger partial charge is 0.344 e. The zero-order valence-electron chi connectivity index (χ0n) is 13.4. The normalized spacial score (nSPS) is 13.4. The first-order chi connectivity index (χ1) is 12.0. The third kappa shape index (κ3) is 4.29. The first-order valence-electron chi connectivity index (χ1n) is 7.67. The van der Waals surface area contributed by atoms with E-state index in [-0.39, 0.29) is 5.69 Å². The van der Waals surface area contributed by atoms with Crippen LogP contribution in [0.2, 0.25) is 0 Å². The van der Waals surface area contributed by atoms with Crippen LogP contribution in [0.4, 0.5) is 15.1 Å². The van der Waals surface area contributed by atoms with Crippen molar-refractivity contribution in [2.24, 2.45) is 5.92 Å². The van der Waals surface area contributed by atoms with Crippen LogP contribution in [-0.4, -0.2) is 12.5 Å². The van der Waals surface area contributed by atoms with Gasteiger partial charge in [-0.2, -0.15) is 5.26 Å². The summed E-state index contributed by atoms with van der Waals surface area (Å²) in [5.41, 5.74) is 3.52. The van der Waals surface area contributed by atoms with E-state index in [2.05, 4.69) is 16.9 Å². The smallest absolute Gasteiger partial charge is 0.278 e. The zero-order chi connectivity index (χ0) is 18.0. The third-order valence-electron chi connectivity index (χ3n) is 3.84. The molecule has 0 aliphatic heterocycles. The second-order valence-electron chi connectivity index (χ2n) is 5.81. The third-order valence-corrected chi connectivity index (χ3v) is 5.62. The summed E-state index contributed by atoms with van der Waals surface area (Å²) in [7, 11) is 0. The minimum atomic E-state index is -0.440. The van der Waals surface area contributed by atoms with Crippen LogP contribution >= 0.6 is 33.9 Å². The maximum atomic E-state index is 14.1. The number of hydroxylamine groups is 1. The highest BCUT2D eigenvalue weighted by Gasteiger charge is 2.25. The van der Waals surface area contributed by atoms with E-state index in [0.717, 1.165) is 27.7 Å². The number of hydrogen-bond donors (Lipinski definition) is 2. The molecule has 1 aliphatic carbocycles. The summed E-state index contributed by atoms with van der Waals surface area (Å²) < 4.78 is 14.9. The molecule has 0 atom stereocenters. The predicted octanol–water partition coefficient (Wildman–Crippen LogP) is 4.49. The van der Waals surface area contributed by atoms with Crippen molar-refractivity contribution in [2.45, 2.75) is 19.8 Å². The predicted molar refractivity (Wildman–Crippen MR) is 102 cm³/mol. The van der Waals surface area contributed by atoms with Crippen LogP contribution in [0.15, 0.2) is 18.2 Å². The maximum Gasteiger partial charge on any atom is 0.278 e. The van der Waals surface area contributed by atoms with Crippen molar-refractivity contribution >= 4 is 50.5 Å². The molecule has 0 unspecified atom stereocenters. The number of nitrogens with one attached hydrogen (secondary N) is 2. The molecule has 1 aliphatic rings. The van der Waals surface area contributed by atoms with E-state index in [1.54, 1.807) is 19.1 Å². The second kappa shape index (κ2) is 7.68. The molecule has 5 nitrogen and oxygen atoms in total.